The third-order valence-corrected chi connectivity index (χ3v) is 4.54. The Hall–Kier alpha value is -2.94. The lowest BCUT2D eigenvalue weighted by molar-refractivity contribution is -0.387. The monoisotopic (exact) mass is 377 g/mol. The molecule has 0 radical (unpaired) electrons. The van der Waals surface area contributed by atoms with Crippen LogP contribution in [0.2, 0.25) is 0 Å². The van der Waals surface area contributed by atoms with E-state index >= 15 is 0 Å². The summed E-state index contributed by atoms with van der Waals surface area (Å²) in [4.78, 5) is 33.7. The highest BCUT2D eigenvalue weighted by molar-refractivity contribution is 8.00. The van der Waals surface area contributed by atoms with Crippen LogP contribution < -0.4 is 11.1 Å². The first-order chi connectivity index (χ1) is 12.4. The van der Waals surface area contributed by atoms with Crippen LogP contribution in [-0.4, -0.2) is 29.0 Å². The highest BCUT2D eigenvalue weighted by atomic mass is 32.2. The number of nitro groups is 1. The fourth-order valence-corrected chi connectivity index (χ4v) is 3.00. The minimum absolute atomic E-state index is 0.0235. The Kier molecular flexibility index (Phi) is 6.67. The Labute approximate surface area is 152 Å². The molecule has 26 heavy (non-hydrogen) atoms. The van der Waals surface area contributed by atoms with Crippen LogP contribution in [0.4, 0.5) is 10.1 Å². The maximum atomic E-state index is 13.5. The molecule has 2 aromatic carbocycles. The number of hydrogen-bond donors (Lipinski definition) is 2. The fraction of sp³-hybridized carbons (Fsp3) is 0.176. The van der Waals surface area contributed by atoms with Crippen LogP contribution in [0.15, 0.2) is 47.4 Å². The van der Waals surface area contributed by atoms with Gasteiger partial charge >= 0.3 is 0 Å². The number of rotatable bonds is 8. The highest BCUT2D eigenvalue weighted by Gasteiger charge is 2.18. The summed E-state index contributed by atoms with van der Waals surface area (Å²) in [5.74, 6) is -1.48. The molecule has 0 unspecified atom stereocenters. The Morgan fingerprint density at radius 2 is 1.96 bits per heavy atom. The zero-order chi connectivity index (χ0) is 19.1. The molecular formula is C17H16FN3O4S. The van der Waals surface area contributed by atoms with Crippen molar-refractivity contribution >= 4 is 29.3 Å². The molecule has 0 fully saturated rings. The van der Waals surface area contributed by atoms with Gasteiger partial charge in [-0.05, 0) is 30.2 Å². The van der Waals surface area contributed by atoms with Gasteiger partial charge in [-0.3, -0.25) is 19.7 Å². The SMILES string of the molecule is NC(=O)c1ccc(SCC(=O)NCCc2ccccc2F)c([N+](=O)[O-])c1. The van der Waals surface area contributed by atoms with Gasteiger partial charge in [-0.2, -0.15) is 0 Å². The van der Waals surface area contributed by atoms with E-state index in [9.17, 15) is 24.1 Å². The Morgan fingerprint density at radius 1 is 1.23 bits per heavy atom. The number of thioether (sulfide) groups is 1. The van der Waals surface area contributed by atoms with Crippen molar-refractivity contribution in [3.8, 4) is 0 Å². The Morgan fingerprint density at radius 3 is 2.62 bits per heavy atom. The van der Waals surface area contributed by atoms with E-state index in [-0.39, 0.29) is 40.2 Å². The average molecular weight is 377 g/mol. The molecule has 0 aliphatic carbocycles. The number of carbonyl (C=O) groups excluding carboxylic acids is 2. The smallest absolute Gasteiger partial charge is 0.283 e. The summed E-state index contributed by atoms with van der Waals surface area (Å²) in [6.07, 6.45) is 0.344. The number of nitrogens with one attached hydrogen (secondary N) is 1. The van der Waals surface area contributed by atoms with E-state index in [0.717, 1.165) is 17.8 Å². The fourth-order valence-electron chi connectivity index (χ4n) is 2.17. The summed E-state index contributed by atoms with van der Waals surface area (Å²) >= 11 is 0.973. The van der Waals surface area contributed by atoms with Crippen molar-refractivity contribution < 1.29 is 18.9 Å². The molecule has 0 spiro atoms. The second kappa shape index (κ2) is 8.95. The van der Waals surface area contributed by atoms with Crippen molar-refractivity contribution in [2.45, 2.75) is 11.3 Å². The summed E-state index contributed by atoms with van der Waals surface area (Å²) in [7, 11) is 0. The van der Waals surface area contributed by atoms with Crippen molar-refractivity contribution in [3.05, 3.63) is 69.5 Å². The maximum Gasteiger partial charge on any atom is 0.283 e. The summed E-state index contributed by atoms with van der Waals surface area (Å²) in [5.41, 5.74) is 5.34. The molecule has 0 saturated carbocycles. The van der Waals surface area contributed by atoms with Crippen LogP contribution in [0.1, 0.15) is 15.9 Å². The van der Waals surface area contributed by atoms with Gasteiger partial charge in [0.25, 0.3) is 5.69 Å². The van der Waals surface area contributed by atoms with Crippen LogP contribution in [0.3, 0.4) is 0 Å². The van der Waals surface area contributed by atoms with Gasteiger partial charge in [-0.15, -0.1) is 11.8 Å². The minimum atomic E-state index is -0.768. The molecule has 0 bridgehead atoms. The number of hydrogen-bond acceptors (Lipinski definition) is 5. The number of nitrogens with zero attached hydrogens (tertiary/aromatic N) is 1. The van der Waals surface area contributed by atoms with Gasteiger partial charge in [0.15, 0.2) is 0 Å². The molecule has 0 atom stereocenters. The molecule has 0 heterocycles. The van der Waals surface area contributed by atoms with Gasteiger partial charge in [-0.25, -0.2) is 4.39 Å². The van der Waals surface area contributed by atoms with Crippen LogP contribution >= 0.6 is 11.8 Å². The quantitative estimate of drug-likeness (QED) is 0.416. The van der Waals surface area contributed by atoms with Crippen LogP contribution in [0.25, 0.3) is 0 Å². The molecule has 2 rings (SSSR count). The van der Waals surface area contributed by atoms with Crippen LogP contribution in [-0.2, 0) is 11.2 Å². The number of nitro benzene ring substituents is 1. The van der Waals surface area contributed by atoms with Crippen molar-refractivity contribution in [2.24, 2.45) is 5.73 Å². The standard InChI is InChI=1S/C17H16FN3O4S/c18-13-4-2-1-3-11(13)7-8-20-16(22)10-26-15-6-5-12(17(19)23)9-14(15)21(24)25/h1-6,9H,7-8,10H2,(H2,19,23)(H,20,22). The maximum absolute atomic E-state index is 13.5. The first kappa shape index (κ1) is 19.4. The molecule has 0 aromatic heterocycles. The van der Waals surface area contributed by atoms with Gasteiger partial charge in [-0.1, -0.05) is 18.2 Å². The first-order valence-corrected chi connectivity index (χ1v) is 8.58. The van der Waals surface area contributed by atoms with E-state index in [1.807, 2.05) is 0 Å². The molecule has 0 saturated heterocycles. The zero-order valence-corrected chi connectivity index (χ0v) is 14.4. The average Bonchev–Trinajstić information content (AvgIpc) is 2.61. The predicted octanol–water partition coefficient (Wildman–Crippen LogP) is 2.28. The van der Waals surface area contributed by atoms with Crippen molar-refractivity contribution in [1.29, 1.82) is 0 Å². The van der Waals surface area contributed by atoms with E-state index in [0.29, 0.717) is 12.0 Å². The second-order valence-corrected chi connectivity index (χ2v) is 6.30. The van der Waals surface area contributed by atoms with Crippen LogP contribution in [0, 0.1) is 15.9 Å². The van der Waals surface area contributed by atoms with E-state index in [2.05, 4.69) is 5.32 Å². The van der Waals surface area contributed by atoms with E-state index in [4.69, 9.17) is 5.73 Å². The minimum Gasteiger partial charge on any atom is -0.366 e. The number of amides is 2. The predicted molar refractivity (Wildman–Crippen MR) is 95.5 cm³/mol. The lowest BCUT2D eigenvalue weighted by Gasteiger charge is -2.07. The lowest BCUT2D eigenvalue weighted by Crippen LogP contribution is -2.27. The molecule has 9 heteroatoms. The molecule has 7 nitrogen and oxygen atoms in total. The van der Waals surface area contributed by atoms with Gasteiger partial charge in [0.2, 0.25) is 11.8 Å². The molecule has 2 aromatic rings. The molecule has 3 N–H and O–H groups in total. The van der Waals surface area contributed by atoms with Gasteiger partial charge < -0.3 is 11.1 Å². The topological polar surface area (TPSA) is 115 Å². The number of nitrogens with two attached hydrogens (primary N) is 1. The van der Waals surface area contributed by atoms with Crippen molar-refractivity contribution in [2.75, 3.05) is 12.3 Å². The first-order valence-electron chi connectivity index (χ1n) is 7.59. The number of benzene rings is 2. The summed E-state index contributed by atoms with van der Waals surface area (Å²) in [6, 6.07) is 10.1. The van der Waals surface area contributed by atoms with Gasteiger partial charge in [0, 0.05) is 18.2 Å². The highest BCUT2D eigenvalue weighted by Crippen LogP contribution is 2.29. The number of primary amides is 1. The third-order valence-electron chi connectivity index (χ3n) is 3.47. The van der Waals surface area contributed by atoms with Crippen molar-refractivity contribution in [1.82, 2.24) is 5.32 Å². The molecule has 0 aliphatic rings. The van der Waals surface area contributed by atoms with Gasteiger partial charge in [0.1, 0.15) is 5.82 Å². The van der Waals surface area contributed by atoms with Crippen molar-refractivity contribution in [3.63, 3.8) is 0 Å². The number of halogens is 1. The normalized spacial score (nSPS) is 10.3. The summed E-state index contributed by atoms with van der Waals surface area (Å²) < 4.78 is 13.5. The third kappa shape index (κ3) is 5.28. The zero-order valence-electron chi connectivity index (χ0n) is 13.6. The largest absolute Gasteiger partial charge is 0.366 e. The molecule has 136 valence electrons. The summed E-state index contributed by atoms with van der Waals surface area (Å²) in [6.45, 7) is 0.253. The molecule has 0 aliphatic heterocycles. The molecular weight excluding hydrogens is 361 g/mol. The van der Waals surface area contributed by atoms with E-state index in [1.54, 1.807) is 18.2 Å². The number of carbonyl (C=O) groups is 2. The Bertz CT molecular complexity index is 845. The van der Waals surface area contributed by atoms with Gasteiger partial charge in [0.05, 0.1) is 15.6 Å². The Balaban J connectivity index is 1.90. The summed E-state index contributed by atoms with van der Waals surface area (Å²) in [5, 5.41) is 13.7. The molecule has 2 amide bonds. The van der Waals surface area contributed by atoms with E-state index in [1.165, 1.54) is 18.2 Å². The van der Waals surface area contributed by atoms with Crippen LogP contribution in [0.5, 0.6) is 0 Å². The van der Waals surface area contributed by atoms with E-state index < -0.39 is 10.8 Å². The lowest BCUT2D eigenvalue weighted by atomic mass is 10.1. The second-order valence-electron chi connectivity index (χ2n) is 5.28.